The van der Waals surface area contributed by atoms with E-state index in [4.69, 9.17) is 67.3 Å². The minimum atomic E-state index is 0.474. The first-order chi connectivity index (χ1) is 25.2. The molecule has 0 bridgehead atoms. The second-order valence-electron chi connectivity index (χ2n) is 10.8. The number of nitrogens with two attached hydrogens (primary N) is 1. The molecule has 2 rings (SSSR count). The van der Waals surface area contributed by atoms with Gasteiger partial charge in [0, 0.05) is 5.69 Å². The predicted octanol–water partition coefficient (Wildman–Crippen LogP) is 3.22. The topological polar surface area (TPSA) is 146 Å². The minimum absolute atomic E-state index is 0.474. The minimum Gasteiger partial charge on any atom is -0.491 e. The average molecular weight is 728 g/mol. The van der Waals surface area contributed by atoms with E-state index in [2.05, 4.69) is 0 Å². The highest BCUT2D eigenvalue weighted by molar-refractivity contribution is 5.41. The molecule has 0 aromatic heterocycles. The second-order valence-corrected chi connectivity index (χ2v) is 10.8. The fourth-order valence-electron chi connectivity index (χ4n) is 3.94. The lowest BCUT2D eigenvalue weighted by molar-refractivity contribution is -0.0279. The SMILES string of the molecule is Cc1ccc(OCCOCCOCCOCCOCCOCCOCCOCCOCCOCCOCCOCCOc2ccc(N)cc2)cc1. The van der Waals surface area contributed by atoms with Gasteiger partial charge in [-0.25, -0.2) is 0 Å². The maximum atomic E-state index is 5.64. The van der Waals surface area contributed by atoms with E-state index in [0.717, 1.165) is 11.5 Å². The van der Waals surface area contributed by atoms with E-state index >= 15 is 0 Å². The maximum Gasteiger partial charge on any atom is 0.119 e. The summed E-state index contributed by atoms with van der Waals surface area (Å²) in [4.78, 5) is 0. The van der Waals surface area contributed by atoms with Gasteiger partial charge in [0.1, 0.15) is 24.7 Å². The van der Waals surface area contributed by atoms with Crippen LogP contribution in [0, 0.1) is 6.92 Å². The molecule has 292 valence electrons. The lowest BCUT2D eigenvalue weighted by Gasteiger charge is -2.09. The summed E-state index contributed by atoms with van der Waals surface area (Å²) in [5.74, 6) is 1.62. The summed E-state index contributed by atoms with van der Waals surface area (Å²) in [6.07, 6.45) is 0. The Morgan fingerprint density at radius 1 is 0.294 bits per heavy atom. The molecule has 14 heteroatoms. The van der Waals surface area contributed by atoms with Gasteiger partial charge in [-0.2, -0.15) is 0 Å². The molecule has 0 atom stereocenters. The van der Waals surface area contributed by atoms with Crippen molar-refractivity contribution in [2.45, 2.75) is 6.92 Å². The van der Waals surface area contributed by atoms with Gasteiger partial charge in [0.15, 0.2) is 0 Å². The molecule has 14 nitrogen and oxygen atoms in total. The average Bonchev–Trinajstić information content (AvgIpc) is 3.14. The van der Waals surface area contributed by atoms with Crippen molar-refractivity contribution in [3.63, 3.8) is 0 Å². The van der Waals surface area contributed by atoms with Crippen molar-refractivity contribution < 1.29 is 61.6 Å². The van der Waals surface area contributed by atoms with Crippen LogP contribution in [0.3, 0.4) is 0 Å². The van der Waals surface area contributed by atoms with Crippen LogP contribution < -0.4 is 15.2 Å². The van der Waals surface area contributed by atoms with Gasteiger partial charge in [-0.1, -0.05) is 17.7 Å². The summed E-state index contributed by atoms with van der Waals surface area (Å²) in [7, 11) is 0. The smallest absolute Gasteiger partial charge is 0.119 e. The second kappa shape index (κ2) is 34.5. The van der Waals surface area contributed by atoms with Gasteiger partial charge in [0.05, 0.1) is 145 Å². The maximum absolute atomic E-state index is 5.64. The van der Waals surface area contributed by atoms with Gasteiger partial charge >= 0.3 is 0 Å². The molecule has 0 aliphatic heterocycles. The molecule has 0 saturated carbocycles. The zero-order chi connectivity index (χ0) is 36.1. The summed E-state index contributed by atoms with van der Waals surface area (Å²) in [6.45, 7) is 14.2. The van der Waals surface area contributed by atoms with Crippen molar-refractivity contribution >= 4 is 5.69 Å². The molecule has 0 unspecified atom stereocenters. The predicted molar refractivity (Wildman–Crippen MR) is 192 cm³/mol. The molecule has 0 spiro atoms. The van der Waals surface area contributed by atoms with Gasteiger partial charge in [-0.15, -0.1) is 0 Å². The Kier molecular flexibility index (Phi) is 30.1. The summed E-state index contributed by atoms with van der Waals surface area (Å²) >= 11 is 0. The van der Waals surface area contributed by atoms with Crippen LogP contribution in [0.5, 0.6) is 11.5 Å². The van der Waals surface area contributed by atoms with Crippen LogP contribution in [0.2, 0.25) is 0 Å². The van der Waals surface area contributed by atoms with E-state index in [1.54, 1.807) is 12.1 Å². The van der Waals surface area contributed by atoms with Crippen LogP contribution in [0.15, 0.2) is 48.5 Å². The standard InChI is InChI=1S/C37H61NO13/c1-34-2-6-36(7-3-34)50-32-30-48-28-26-46-24-22-44-20-18-42-16-14-40-12-10-39-11-13-41-15-17-43-19-21-45-23-25-47-27-29-49-31-33-51-37-8-4-35(38)5-9-37/h2-9H,10-33,38H2,1H3. The number of hydrogen-bond donors (Lipinski definition) is 1. The molecule has 0 aliphatic rings. The molecular weight excluding hydrogens is 666 g/mol. The van der Waals surface area contributed by atoms with Gasteiger partial charge in [-0.05, 0) is 43.3 Å². The van der Waals surface area contributed by atoms with Crippen molar-refractivity contribution in [2.75, 3.05) is 164 Å². The molecule has 0 heterocycles. The Morgan fingerprint density at radius 2 is 0.490 bits per heavy atom. The summed E-state index contributed by atoms with van der Waals surface area (Å²) in [6, 6.07) is 15.2. The molecular formula is C37H61NO13. The summed E-state index contributed by atoms with van der Waals surface area (Å²) < 4.78 is 71.6. The Bertz CT molecular complexity index is 921. The van der Waals surface area contributed by atoms with E-state index in [9.17, 15) is 0 Å². The summed E-state index contributed by atoms with van der Waals surface area (Å²) in [5, 5.41) is 0. The van der Waals surface area contributed by atoms with Crippen molar-refractivity contribution in [3.8, 4) is 11.5 Å². The third-order valence-corrected chi connectivity index (χ3v) is 6.61. The van der Waals surface area contributed by atoms with E-state index in [0.29, 0.717) is 164 Å². The van der Waals surface area contributed by atoms with Gasteiger partial charge in [-0.3, -0.25) is 0 Å². The Morgan fingerprint density at radius 3 is 0.725 bits per heavy atom. The highest BCUT2D eigenvalue weighted by atomic mass is 16.6. The molecule has 0 aliphatic carbocycles. The number of anilines is 1. The van der Waals surface area contributed by atoms with E-state index < -0.39 is 0 Å². The van der Waals surface area contributed by atoms with Crippen LogP contribution in [0.25, 0.3) is 0 Å². The number of rotatable bonds is 38. The normalized spacial score (nSPS) is 11.3. The third-order valence-electron chi connectivity index (χ3n) is 6.61. The monoisotopic (exact) mass is 727 g/mol. The summed E-state index contributed by atoms with van der Waals surface area (Å²) in [5.41, 5.74) is 7.56. The Balaban J connectivity index is 1.13. The van der Waals surface area contributed by atoms with Crippen molar-refractivity contribution in [2.24, 2.45) is 0 Å². The van der Waals surface area contributed by atoms with Crippen molar-refractivity contribution in [1.82, 2.24) is 0 Å². The largest absolute Gasteiger partial charge is 0.491 e. The molecule has 2 aromatic rings. The van der Waals surface area contributed by atoms with Crippen molar-refractivity contribution in [1.29, 1.82) is 0 Å². The lowest BCUT2D eigenvalue weighted by atomic mass is 10.2. The van der Waals surface area contributed by atoms with Gasteiger partial charge in [0.25, 0.3) is 0 Å². The molecule has 0 saturated heterocycles. The van der Waals surface area contributed by atoms with Gasteiger partial charge < -0.3 is 67.3 Å². The molecule has 0 amide bonds. The number of ether oxygens (including phenoxy) is 13. The quantitative estimate of drug-likeness (QED) is 0.0798. The molecule has 51 heavy (non-hydrogen) atoms. The fourth-order valence-corrected chi connectivity index (χ4v) is 3.94. The Labute approximate surface area is 303 Å². The zero-order valence-corrected chi connectivity index (χ0v) is 30.5. The van der Waals surface area contributed by atoms with Crippen LogP contribution >= 0.6 is 0 Å². The number of nitrogen functional groups attached to an aromatic ring is 1. The first-order valence-electron chi connectivity index (χ1n) is 17.8. The van der Waals surface area contributed by atoms with Crippen LogP contribution in [0.1, 0.15) is 5.56 Å². The third kappa shape index (κ3) is 29.7. The van der Waals surface area contributed by atoms with Gasteiger partial charge in [0.2, 0.25) is 0 Å². The lowest BCUT2D eigenvalue weighted by Crippen LogP contribution is -2.15. The molecule has 0 fully saturated rings. The van der Waals surface area contributed by atoms with E-state index in [-0.39, 0.29) is 0 Å². The molecule has 2 N–H and O–H groups in total. The number of hydrogen-bond acceptors (Lipinski definition) is 14. The molecule has 0 radical (unpaired) electrons. The highest BCUT2D eigenvalue weighted by Crippen LogP contribution is 2.13. The number of aryl methyl sites for hydroxylation is 1. The van der Waals surface area contributed by atoms with Crippen LogP contribution in [0.4, 0.5) is 5.69 Å². The molecule has 2 aromatic carbocycles. The highest BCUT2D eigenvalue weighted by Gasteiger charge is 1.98. The van der Waals surface area contributed by atoms with Crippen LogP contribution in [-0.4, -0.2) is 159 Å². The van der Waals surface area contributed by atoms with E-state index in [1.807, 2.05) is 43.3 Å². The van der Waals surface area contributed by atoms with E-state index in [1.165, 1.54) is 5.56 Å². The van der Waals surface area contributed by atoms with Crippen LogP contribution in [-0.2, 0) is 52.1 Å². The van der Waals surface area contributed by atoms with Crippen molar-refractivity contribution in [3.05, 3.63) is 54.1 Å². The number of benzene rings is 2. The zero-order valence-electron chi connectivity index (χ0n) is 30.5. The Hall–Kier alpha value is -2.60. The first kappa shape index (κ1) is 44.6. The first-order valence-corrected chi connectivity index (χ1v) is 17.8. The fraction of sp³-hybridized carbons (Fsp3) is 0.676.